The number of nitrogens with zero attached hydrogens (tertiary/aromatic N) is 3. The SMILES string of the molecule is CCOc1cc(C(O)C(Cn2cc3cc(C#N)cc(C(=O)O)c3n2)OC2CCCC2)cc(OCC)c1C. The highest BCUT2D eigenvalue weighted by atomic mass is 16.5. The Balaban J connectivity index is 1.71. The smallest absolute Gasteiger partial charge is 0.338 e. The molecule has 1 fully saturated rings. The van der Waals surface area contributed by atoms with Gasteiger partial charge in [-0.3, -0.25) is 4.68 Å². The summed E-state index contributed by atoms with van der Waals surface area (Å²) in [5.41, 5.74) is 1.96. The molecule has 1 heterocycles. The lowest BCUT2D eigenvalue weighted by Crippen LogP contribution is -2.31. The van der Waals surface area contributed by atoms with E-state index in [0.29, 0.717) is 35.7 Å². The Morgan fingerprint density at radius 3 is 2.38 bits per heavy atom. The number of carboxylic acid groups (broad SMARTS) is 1. The molecule has 2 N–H and O–H groups in total. The van der Waals surface area contributed by atoms with E-state index in [0.717, 1.165) is 31.2 Å². The maximum Gasteiger partial charge on any atom is 0.338 e. The highest BCUT2D eigenvalue weighted by molar-refractivity contribution is 6.02. The number of aliphatic hydroxyl groups is 1. The standard InChI is InChI=1S/C28H33N3O6/c1-4-35-23-12-19(13-24(17(23)3)36-5-2)27(32)25(37-21-8-6-7-9-21)16-31-15-20-10-18(14-29)11-22(28(33)34)26(20)30-31/h10-13,15,21,25,27,32H,4-9,16H2,1-3H3,(H,33,34). The topological polar surface area (TPSA) is 127 Å². The van der Waals surface area contributed by atoms with Crippen LogP contribution in [0, 0.1) is 18.3 Å². The first-order chi connectivity index (χ1) is 17.8. The molecule has 1 aliphatic rings. The first-order valence-electron chi connectivity index (χ1n) is 12.7. The van der Waals surface area contributed by atoms with Gasteiger partial charge in [-0.25, -0.2) is 4.79 Å². The molecular weight excluding hydrogens is 474 g/mol. The van der Waals surface area contributed by atoms with Crippen molar-refractivity contribution < 1.29 is 29.2 Å². The molecule has 9 heteroatoms. The maximum atomic E-state index is 11.8. The molecule has 0 aliphatic heterocycles. The zero-order valence-electron chi connectivity index (χ0n) is 21.4. The van der Waals surface area contributed by atoms with E-state index in [1.165, 1.54) is 6.07 Å². The second kappa shape index (κ2) is 11.6. The molecule has 0 amide bonds. The Morgan fingerprint density at radius 2 is 1.81 bits per heavy atom. The lowest BCUT2D eigenvalue weighted by atomic mass is 10.0. The summed E-state index contributed by atoms with van der Waals surface area (Å²) in [7, 11) is 0. The molecule has 2 unspecified atom stereocenters. The summed E-state index contributed by atoms with van der Waals surface area (Å²) >= 11 is 0. The maximum absolute atomic E-state index is 11.8. The minimum atomic E-state index is -1.15. The van der Waals surface area contributed by atoms with E-state index < -0.39 is 18.2 Å². The van der Waals surface area contributed by atoms with Crippen molar-refractivity contribution in [3.8, 4) is 17.6 Å². The third kappa shape index (κ3) is 5.87. The van der Waals surface area contributed by atoms with Crippen molar-refractivity contribution in [3.05, 3.63) is 52.7 Å². The minimum Gasteiger partial charge on any atom is -0.493 e. The van der Waals surface area contributed by atoms with Gasteiger partial charge < -0.3 is 24.4 Å². The third-order valence-electron chi connectivity index (χ3n) is 6.68. The van der Waals surface area contributed by atoms with Crippen LogP contribution >= 0.6 is 0 Å². The van der Waals surface area contributed by atoms with Gasteiger partial charge in [-0.1, -0.05) is 12.8 Å². The van der Waals surface area contributed by atoms with Crippen LogP contribution in [-0.2, 0) is 11.3 Å². The van der Waals surface area contributed by atoms with Crippen molar-refractivity contribution in [2.75, 3.05) is 13.2 Å². The fourth-order valence-electron chi connectivity index (χ4n) is 4.86. The Labute approximate surface area is 216 Å². The van der Waals surface area contributed by atoms with Gasteiger partial charge in [0.15, 0.2) is 0 Å². The number of rotatable bonds is 11. The largest absolute Gasteiger partial charge is 0.493 e. The number of aromatic nitrogens is 2. The van der Waals surface area contributed by atoms with Crippen molar-refractivity contribution >= 4 is 16.9 Å². The lowest BCUT2D eigenvalue weighted by Gasteiger charge is -2.28. The molecule has 9 nitrogen and oxygen atoms in total. The van der Waals surface area contributed by atoms with Gasteiger partial charge in [-0.05, 0) is 63.4 Å². The molecule has 1 aliphatic carbocycles. The van der Waals surface area contributed by atoms with Crippen molar-refractivity contribution in [3.63, 3.8) is 0 Å². The van der Waals surface area contributed by atoms with Crippen LogP contribution in [0.5, 0.6) is 11.5 Å². The number of carbonyl (C=O) groups is 1. The van der Waals surface area contributed by atoms with E-state index >= 15 is 0 Å². The molecule has 2 atom stereocenters. The average molecular weight is 508 g/mol. The monoisotopic (exact) mass is 507 g/mol. The summed E-state index contributed by atoms with van der Waals surface area (Å²) in [5.74, 6) is 0.127. The molecule has 3 aromatic rings. The summed E-state index contributed by atoms with van der Waals surface area (Å²) in [6.07, 6.45) is 4.02. The van der Waals surface area contributed by atoms with Crippen molar-refractivity contribution in [1.82, 2.24) is 9.78 Å². The number of ether oxygens (including phenoxy) is 3. The normalized spacial score (nSPS) is 15.4. The zero-order valence-corrected chi connectivity index (χ0v) is 21.4. The summed E-state index contributed by atoms with van der Waals surface area (Å²) in [5, 5.41) is 35.5. The van der Waals surface area contributed by atoms with Crippen LogP contribution in [0.4, 0.5) is 0 Å². The van der Waals surface area contributed by atoms with Crippen LogP contribution in [-0.4, -0.2) is 51.4 Å². The van der Waals surface area contributed by atoms with Crippen LogP contribution in [0.25, 0.3) is 10.9 Å². The fourth-order valence-corrected chi connectivity index (χ4v) is 4.86. The van der Waals surface area contributed by atoms with Gasteiger partial charge in [0.2, 0.25) is 0 Å². The number of carboxylic acids is 1. The average Bonchev–Trinajstić information content (AvgIpc) is 3.54. The van der Waals surface area contributed by atoms with Crippen LogP contribution in [0.1, 0.15) is 72.7 Å². The van der Waals surface area contributed by atoms with E-state index in [2.05, 4.69) is 5.10 Å². The van der Waals surface area contributed by atoms with Gasteiger partial charge in [0.05, 0.1) is 43.1 Å². The number of aromatic carboxylic acids is 1. The molecule has 1 aromatic heterocycles. The first kappa shape index (κ1) is 26.5. The number of nitriles is 1. The summed E-state index contributed by atoms with van der Waals surface area (Å²) in [4.78, 5) is 11.8. The lowest BCUT2D eigenvalue weighted by molar-refractivity contribution is -0.0845. The fraction of sp³-hybridized carbons (Fsp3) is 0.464. The van der Waals surface area contributed by atoms with Crippen LogP contribution in [0.3, 0.4) is 0 Å². The van der Waals surface area contributed by atoms with Gasteiger partial charge >= 0.3 is 5.97 Å². The number of hydrogen-bond acceptors (Lipinski definition) is 7. The van der Waals surface area contributed by atoms with Gasteiger partial charge in [-0.15, -0.1) is 0 Å². The second-order valence-corrected chi connectivity index (χ2v) is 9.26. The van der Waals surface area contributed by atoms with Gasteiger partial charge in [0, 0.05) is 17.1 Å². The molecule has 196 valence electrons. The highest BCUT2D eigenvalue weighted by Crippen LogP contribution is 2.35. The van der Waals surface area contributed by atoms with E-state index in [1.54, 1.807) is 16.9 Å². The zero-order chi connectivity index (χ0) is 26.5. The number of benzene rings is 2. The van der Waals surface area contributed by atoms with E-state index in [1.807, 2.05) is 39.0 Å². The molecule has 0 radical (unpaired) electrons. The second-order valence-electron chi connectivity index (χ2n) is 9.26. The Hall–Kier alpha value is -3.61. The predicted molar refractivity (Wildman–Crippen MR) is 137 cm³/mol. The summed E-state index contributed by atoms with van der Waals surface area (Å²) in [6, 6.07) is 8.56. The van der Waals surface area contributed by atoms with Gasteiger partial charge in [0.25, 0.3) is 0 Å². The first-order valence-corrected chi connectivity index (χ1v) is 12.7. The Bertz CT molecular complexity index is 1280. The predicted octanol–water partition coefficient (Wildman–Crippen LogP) is 4.77. The molecule has 0 bridgehead atoms. The Kier molecular flexibility index (Phi) is 8.31. The van der Waals surface area contributed by atoms with Crippen molar-refractivity contribution in [2.45, 2.75) is 71.3 Å². The molecule has 0 spiro atoms. The van der Waals surface area contributed by atoms with E-state index in [-0.39, 0.29) is 29.3 Å². The Morgan fingerprint density at radius 1 is 1.16 bits per heavy atom. The van der Waals surface area contributed by atoms with E-state index in [9.17, 15) is 20.3 Å². The van der Waals surface area contributed by atoms with E-state index in [4.69, 9.17) is 14.2 Å². The molecule has 4 rings (SSSR count). The molecule has 1 saturated carbocycles. The number of hydrogen-bond donors (Lipinski definition) is 2. The minimum absolute atomic E-state index is 0.0209. The molecule has 0 saturated heterocycles. The summed E-state index contributed by atoms with van der Waals surface area (Å²) in [6.45, 7) is 6.87. The van der Waals surface area contributed by atoms with Gasteiger partial charge in [0.1, 0.15) is 29.2 Å². The molecular formula is C28H33N3O6. The highest BCUT2D eigenvalue weighted by Gasteiger charge is 2.29. The molecule has 2 aromatic carbocycles. The van der Waals surface area contributed by atoms with Gasteiger partial charge in [-0.2, -0.15) is 10.4 Å². The van der Waals surface area contributed by atoms with Crippen LogP contribution in [0.2, 0.25) is 0 Å². The van der Waals surface area contributed by atoms with Crippen LogP contribution in [0.15, 0.2) is 30.5 Å². The third-order valence-corrected chi connectivity index (χ3v) is 6.68. The molecule has 37 heavy (non-hydrogen) atoms. The number of fused-ring (bicyclic) bond motifs is 1. The number of aliphatic hydroxyl groups excluding tert-OH is 1. The van der Waals surface area contributed by atoms with Crippen LogP contribution < -0.4 is 9.47 Å². The van der Waals surface area contributed by atoms with Crippen molar-refractivity contribution in [2.24, 2.45) is 0 Å². The van der Waals surface area contributed by atoms with Crippen molar-refractivity contribution in [1.29, 1.82) is 5.26 Å². The summed E-state index contributed by atoms with van der Waals surface area (Å²) < 4.78 is 19.6. The quantitative estimate of drug-likeness (QED) is 0.380.